The maximum Gasteiger partial charge on any atom is 0.445 e. The molecule has 0 spiro atoms. The molecule has 2 aromatic rings. The van der Waals surface area contributed by atoms with E-state index < -0.39 is 11.2 Å². The predicted molar refractivity (Wildman–Crippen MR) is 141 cm³/mol. The Kier molecular flexibility index (Phi) is 9.13. The summed E-state index contributed by atoms with van der Waals surface area (Å²) in [5.74, 6) is 0.870. The summed E-state index contributed by atoms with van der Waals surface area (Å²) in [5.41, 5.74) is 1.53. The van der Waals surface area contributed by atoms with Gasteiger partial charge in [-0.3, -0.25) is 4.79 Å². The van der Waals surface area contributed by atoms with E-state index in [9.17, 15) is 18.0 Å². The molecule has 0 N–H and O–H groups in total. The molecule has 2 unspecified atom stereocenters. The fourth-order valence-corrected chi connectivity index (χ4v) is 6.20. The molecular weight excluding hydrogens is 521 g/mol. The largest absolute Gasteiger partial charge is 0.488 e. The molecule has 3 atom stereocenters. The molecular formula is C27H31F3N2O3S2. The van der Waals surface area contributed by atoms with Crippen LogP contribution >= 0.6 is 23.1 Å². The number of ether oxygens (including phenoxy) is 2. The maximum absolute atomic E-state index is 13.2. The summed E-state index contributed by atoms with van der Waals surface area (Å²) in [5, 5.41) is 6.37. The van der Waals surface area contributed by atoms with Gasteiger partial charge in [-0.25, -0.2) is 0 Å². The standard InChI is InChI=1S/C27H31F3N2O3S2/c1-16-7-8-24(36-18(3)11-16)20-12-19(13-22(14-20)35-21-9-10-34-15-21)23(33)6-4-5-17(2)25-31-32-26(37-25)27(28,29)30/h8,11-14,16-17,21H,4-7,9-10,15H2,1-3H3/t16?,17?,21-/m0/s1. The van der Waals surface area contributed by atoms with Crippen molar-refractivity contribution in [1.29, 1.82) is 0 Å². The van der Waals surface area contributed by atoms with Gasteiger partial charge in [-0.1, -0.05) is 49.1 Å². The van der Waals surface area contributed by atoms with Gasteiger partial charge < -0.3 is 9.47 Å². The highest BCUT2D eigenvalue weighted by atomic mass is 32.2. The van der Waals surface area contributed by atoms with Crippen molar-refractivity contribution in [3.05, 3.63) is 56.4 Å². The molecule has 0 aliphatic carbocycles. The average molecular weight is 553 g/mol. The summed E-state index contributed by atoms with van der Waals surface area (Å²) in [6, 6.07) is 5.71. The molecule has 1 aromatic carbocycles. The molecule has 1 saturated heterocycles. The number of hydrogen-bond acceptors (Lipinski definition) is 7. The minimum absolute atomic E-state index is 0.0188. The fraction of sp³-hybridized carbons (Fsp3) is 0.519. The molecule has 10 heteroatoms. The van der Waals surface area contributed by atoms with Crippen LogP contribution in [0.2, 0.25) is 0 Å². The van der Waals surface area contributed by atoms with Gasteiger partial charge in [-0.2, -0.15) is 13.2 Å². The number of carbonyl (C=O) groups excluding carboxylic acids is 1. The van der Waals surface area contributed by atoms with E-state index in [2.05, 4.69) is 36.2 Å². The summed E-state index contributed by atoms with van der Waals surface area (Å²) < 4.78 is 50.1. The number of thioether (sulfide) groups is 1. The second kappa shape index (κ2) is 12.1. The number of benzene rings is 1. The summed E-state index contributed by atoms with van der Waals surface area (Å²) in [6.45, 7) is 7.29. The molecule has 200 valence electrons. The van der Waals surface area contributed by atoms with Crippen LogP contribution in [0.15, 0.2) is 35.3 Å². The first-order chi connectivity index (χ1) is 17.6. The van der Waals surface area contributed by atoms with E-state index in [-0.39, 0.29) is 24.2 Å². The molecule has 0 radical (unpaired) electrons. The van der Waals surface area contributed by atoms with Crippen molar-refractivity contribution in [2.24, 2.45) is 5.92 Å². The highest BCUT2D eigenvalue weighted by Crippen LogP contribution is 2.40. The van der Waals surface area contributed by atoms with Gasteiger partial charge in [0.05, 0.1) is 13.2 Å². The zero-order valence-corrected chi connectivity index (χ0v) is 22.8. The number of allylic oxidation sites excluding steroid dienone is 3. The SMILES string of the molecule is CC1=CC(C)CC=C(c2cc(O[C@H]3CCOC3)cc(C(=O)CCCC(C)c3nnc(C(F)(F)F)s3)c2)S1. The second-order valence-corrected chi connectivity index (χ2v) is 12.0. The molecule has 1 fully saturated rings. The van der Waals surface area contributed by atoms with E-state index in [1.165, 1.54) is 4.91 Å². The van der Waals surface area contributed by atoms with Gasteiger partial charge in [0.2, 0.25) is 5.01 Å². The quantitative estimate of drug-likeness (QED) is 0.295. The van der Waals surface area contributed by atoms with E-state index in [4.69, 9.17) is 9.47 Å². The Morgan fingerprint density at radius 2 is 2.08 bits per heavy atom. The molecule has 1 aromatic heterocycles. The number of hydrogen-bond donors (Lipinski definition) is 0. The Morgan fingerprint density at radius 1 is 1.27 bits per heavy atom. The minimum Gasteiger partial charge on any atom is -0.488 e. The van der Waals surface area contributed by atoms with E-state index in [1.807, 2.05) is 19.1 Å². The normalized spacial score (nSPS) is 21.2. The molecule has 2 aliphatic rings. The van der Waals surface area contributed by atoms with Crippen LogP contribution in [0.1, 0.15) is 84.7 Å². The third-order valence-corrected chi connectivity index (χ3v) is 8.59. The van der Waals surface area contributed by atoms with Crippen molar-refractivity contribution in [1.82, 2.24) is 10.2 Å². The van der Waals surface area contributed by atoms with Crippen LogP contribution in [0, 0.1) is 5.92 Å². The smallest absolute Gasteiger partial charge is 0.445 e. The fourth-order valence-electron chi connectivity index (χ4n) is 4.34. The molecule has 37 heavy (non-hydrogen) atoms. The van der Waals surface area contributed by atoms with E-state index in [1.54, 1.807) is 17.8 Å². The zero-order chi connectivity index (χ0) is 26.6. The van der Waals surface area contributed by atoms with Crippen LogP contribution < -0.4 is 4.74 Å². The van der Waals surface area contributed by atoms with Crippen LogP contribution in [-0.2, 0) is 10.9 Å². The van der Waals surface area contributed by atoms with Crippen LogP contribution in [0.5, 0.6) is 5.75 Å². The van der Waals surface area contributed by atoms with Gasteiger partial charge in [0.25, 0.3) is 0 Å². The van der Waals surface area contributed by atoms with E-state index in [0.717, 1.165) is 23.3 Å². The van der Waals surface area contributed by atoms with Gasteiger partial charge >= 0.3 is 6.18 Å². The first kappa shape index (κ1) is 27.9. The van der Waals surface area contributed by atoms with Crippen molar-refractivity contribution >= 4 is 33.8 Å². The summed E-state index contributed by atoms with van der Waals surface area (Å²) in [6.07, 6.45) is 3.04. The Labute approximate surface area is 223 Å². The summed E-state index contributed by atoms with van der Waals surface area (Å²) in [7, 11) is 0. The monoisotopic (exact) mass is 552 g/mol. The van der Waals surface area contributed by atoms with Crippen LogP contribution in [-0.4, -0.2) is 35.3 Å². The Bertz CT molecular complexity index is 1170. The van der Waals surface area contributed by atoms with E-state index >= 15 is 0 Å². The molecule has 3 heterocycles. The van der Waals surface area contributed by atoms with Gasteiger partial charge in [0, 0.05) is 29.2 Å². The first-order valence-electron chi connectivity index (χ1n) is 12.5. The number of Topliss-reactive ketones (excluding diaryl/α,β-unsaturated/α-hetero) is 1. The maximum atomic E-state index is 13.2. The number of alkyl halides is 3. The lowest BCUT2D eigenvalue weighted by molar-refractivity contribution is -0.138. The van der Waals surface area contributed by atoms with Crippen molar-refractivity contribution < 1.29 is 27.4 Å². The second-order valence-electron chi connectivity index (χ2n) is 9.67. The molecule has 2 aliphatic heterocycles. The zero-order valence-electron chi connectivity index (χ0n) is 21.1. The lowest BCUT2D eigenvalue weighted by Gasteiger charge is -2.16. The molecule has 0 bridgehead atoms. The van der Waals surface area contributed by atoms with Crippen molar-refractivity contribution in [3.8, 4) is 5.75 Å². The highest BCUT2D eigenvalue weighted by molar-refractivity contribution is 8.11. The van der Waals surface area contributed by atoms with Crippen LogP contribution in [0.3, 0.4) is 0 Å². The van der Waals surface area contributed by atoms with Gasteiger partial charge in [0.15, 0.2) is 5.78 Å². The Balaban J connectivity index is 1.46. The van der Waals surface area contributed by atoms with Crippen molar-refractivity contribution in [2.45, 2.75) is 71.1 Å². The Morgan fingerprint density at radius 3 is 2.78 bits per heavy atom. The number of rotatable bonds is 9. The molecule has 0 amide bonds. The third-order valence-electron chi connectivity index (χ3n) is 6.31. The Hall–Kier alpha value is -2.17. The van der Waals surface area contributed by atoms with Crippen LogP contribution in [0.25, 0.3) is 4.91 Å². The van der Waals surface area contributed by atoms with Crippen LogP contribution in [0.4, 0.5) is 13.2 Å². The number of nitrogens with zero attached hydrogens (tertiary/aromatic N) is 2. The molecule has 0 saturated carbocycles. The van der Waals surface area contributed by atoms with Crippen molar-refractivity contribution in [3.63, 3.8) is 0 Å². The predicted octanol–water partition coefficient (Wildman–Crippen LogP) is 7.90. The number of halogens is 3. The van der Waals surface area contributed by atoms with Gasteiger partial charge in [-0.15, -0.1) is 10.2 Å². The summed E-state index contributed by atoms with van der Waals surface area (Å²) >= 11 is 2.27. The molecule has 5 nitrogen and oxygen atoms in total. The summed E-state index contributed by atoms with van der Waals surface area (Å²) in [4.78, 5) is 15.5. The average Bonchev–Trinajstić information content (AvgIpc) is 3.50. The lowest BCUT2D eigenvalue weighted by Crippen LogP contribution is -2.16. The number of carbonyl (C=O) groups is 1. The van der Waals surface area contributed by atoms with Gasteiger partial charge in [0.1, 0.15) is 16.9 Å². The minimum atomic E-state index is -4.49. The highest BCUT2D eigenvalue weighted by Gasteiger charge is 2.36. The third kappa shape index (κ3) is 7.67. The number of ketones is 1. The topological polar surface area (TPSA) is 61.3 Å². The van der Waals surface area contributed by atoms with Crippen molar-refractivity contribution in [2.75, 3.05) is 13.2 Å². The number of aromatic nitrogens is 2. The van der Waals surface area contributed by atoms with Gasteiger partial charge in [-0.05, 0) is 60.8 Å². The first-order valence-corrected chi connectivity index (χ1v) is 14.1. The molecule has 4 rings (SSSR count). The lowest BCUT2D eigenvalue weighted by atomic mass is 9.98. The van der Waals surface area contributed by atoms with E-state index in [0.29, 0.717) is 59.6 Å².